The zero-order valence-electron chi connectivity index (χ0n) is 21.8. The van der Waals surface area contributed by atoms with Crippen LogP contribution in [0.25, 0.3) is 11.2 Å². The highest BCUT2D eigenvalue weighted by atomic mass is 16.5. The quantitative estimate of drug-likeness (QED) is 0.217. The molecule has 0 atom stereocenters. The molecule has 0 fully saturated rings. The van der Waals surface area contributed by atoms with E-state index in [9.17, 15) is 9.59 Å². The van der Waals surface area contributed by atoms with E-state index in [0.717, 1.165) is 6.42 Å². The number of nitrogens with two attached hydrogens (primary N) is 1. The molecule has 0 unspecified atom stereocenters. The largest absolute Gasteiger partial charge is 0.463 e. The molecule has 2 rings (SSSR count). The van der Waals surface area contributed by atoms with Crippen LogP contribution in [0.4, 0.5) is 5.95 Å². The molecule has 0 aliphatic heterocycles. The van der Waals surface area contributed by atoms with E-state index < -0.39 is 0 Å². The van der Waals surface area contributed by atoms with Gasteiger partial charge in [0.2, 0.25) is 5.95 Å². The minimum Gasteiger partial charge on any atom is -0.463 e. The Morgan fingerprint density at radius 2 is 1.69 bits per heavy atom. The maximum atomic E-state index is 11.4. The van der Waals surface area contributed by atoms with Gasteiger partial charge in [0, 0.05) is 6.42 Å². The van der Waals surface area contributed by atoms with Gasteiger partial charge in [0.15, 0.2) is 11.2 Å². The van der Waals surface area contributed by atoms with Crippen molar-refractivity contribution in [2.45, 2.75) is 111 Å². The van der Waals surface area contributed by atoms with Gasteiger partial charge in [-0.3, -0.25) is 19.1 Å². The van der Waals surface area contributed by atoms with Crippen LogP contribution in [-0.4, -0.2) is 49.9 Å². The summed E-state index contributed by atoms with van der Waals surface area (Å²) in [4.78, 5) is 32.9. The Kier molecular flexibility index (Phi) is 16.4. The predicted octanol–water partition coefficient (Wildman–Crippen LogP) is 4.31. The van der Waals surface area contributed by atoms with Crippen molar-refractivity contribution in [2.24, 2.45) is 0 Å². The standard InChI is InChI=1S/C17H34O2.C8H11N5O3/c1-4-5-6-7-8-9-10-11-12-13-14-15-17(18)19-16(2)3;9-8-11-6-5(7(15)12-8)10-3-13(6)4-16-2-1-14/h16H,4-15H2,1-3H3;3,14H,1-2,4H2,(H3,9,11,12,15). The zero-order chi connectivity index (χ0) is 25.9. The van der Waals surface area contributed by atoms with Crippen LogP contribution < -0.4 is 11.3 Å². The van der Waals surface area contributed by atoms with E-state index in [-0.39, 0.29) is 49.0 Å². The molecule has 0 spiro atoms. The van der Waals surface area contributed by atoms with E-state index in [1.165, 1.54) is 75.1 Å². The van der Waals surface area contributed by atoms with E-state index >= 15 is 0 Å². The van der Waals surface area contributed by atoms with Gasteiger partial charge in [0.1, 0.15) is 6.73 Å². The number of rotatable bonds is 17. The molecule has 0 amide bonds. The minimum atomic E-state index is -0.386. The number of nitrogens with one attached hydrogen (secondary N) is 1. The van der Waals surface area contributed by atoms with Crippen LogP contribution in [0.5, 0.6) is 0 Å². The van der Waals surface area contributed by atoms with Crippen LogP contribution in [0.1, 0.15) is 97.8 Å². The lowest BCUT2D eigenvalue weighted by Gasteiger charge is -2.07. The van der Waals surface area contributed by atoms with Gasteiger partial charge in [-0.15, -0.1) is 0 Å². The number of ether oxygens (including phenoxy) is 2. The second kappa shape index (κ2) is 18.8. The van der Waals surface area contributed by atoms with E-state index in [1.54, 1.807) is 0 Å². The summed E-state index contributed by atoms with van der Waals surface area (Å²) < 4.78 is 11.7. The number of nitrogens with zero attached hydrogens (tertiary/aromatic N) is 3. The first-order chi connectivity index (χ1) is 16.9. The molecule has 2 heterocycles. The van der Waals surface area contributed by atoms with Gasteiger partial charge in [-0.05, 0) is 20.3 Å². The van der Waals surface area contributed by atoms with Crippen LogP contribution in [0.3, 0.4) is 0 Å². The van der Waals surface area contributed by atoms with Gasteiger partial charge < -0.3 is 20.3 Å². The summed E-state index contributed by atoms with van der Waals surface area (Å²) in [5.74, 6) is -0.00710. The molecule has 35 heavy (non-hydrogen) atoms. The van der Waals surface area contributed by atoms with E-state index in [1.807, 2.05) is 13.8 Å². The highest BCUT2D eigenvalue weighted by Gasteiger charge is 2.08. The van der Waals surface area contributed by atoms with Crippen molar-refractivity contribution >= 4 is 23.1 Å². The molecule has 0 aliphatic carbocycles. The number of hydrogen-bond donors (Lipinski definition) is 3. The number of aliphatic hydroxyl groups is 1. The fourth-order valence-electron chi connectivity index (χ4n) is 3.55. The lowest BCUT2D eigenvalue weighted by molar-refractivity contribution is -0.147. The van der Waals surface area contributed by atoms with E-state index in [0.29, 0.717) is 12.1 Å². The maximum absolute atomic E-state index is 11.4. The molecule has 200 valence electrons. The van der Waals surface area contributed by atoms with E-state index in [4.69, 9.17) is 20.3 Å². The smallest absolute Gasteiger partial charge is 0.306 e. The van der Waals surface area contributed by atoms with Crippen molar-refractivity contribution in [3.8, 4) is 0 Å². The third-order valence-electron chi connectivity index (χ3n) is 5.31. The maximum Gasteiger partial charge on any atom is 0.306 e. The first kappa shape index (κ1) is 30.6. The number of hydrogen-bond acceptors (Lipinski definition) is 8. The van der Waals surface area contributed by atoms with Gasteiger partial charge in [-0.2, -0.15) is 4.98 Å². The van der Waals surface area contributed by atoms with Gasteiger partial charge in [0.05, 0.1) is 25.6 Å². The number of imidazole rings is 1. The SMILES string of the molecule is CCCCCCCCCCCCCC(=O)OC(C)C.Nc1nc2c(ncn2COCCO)c(=O)[nH]1. The summed E-state index contributed by atoms with van der Waals surface area (Å²) in [6, 6.07) is 0. The van der Waals surface area contributed by atoms with Crippen LogP contribution in [-0.2, 0) is 21.0 Å². The molecule has 2 aromatic heterocycles. The average Bonchev–Trinajstić information content (AvgIpc) is 3.21. The van der Waals surface area contributed by atoms with Crippen molar-refractivity contribution in [1.82, 2.24) is 19.5 Å². The molecule has 10 heteroatoms. The third-order valence-corrected chi connectivity index (χ3v) is 5.31. The molecule has 0 saturated carbocycles. The second-order valence-electron chi connectivity index (χ2n) is 8.92. The normalized spacial score (nSPS) is 11.0. The Hall–Kier alpha value is -2.46. The Morgan fingerprint density at radius 1 is 1.09 bits per heavy atom. The molecule has 0 saturated heterocycles. The summed E-state index contributed by atoms with van der Waals surface area (Å²) in [6.07, 6.45) is 16.5. The number of nitrogen functional groups attached to an aromatic ring is 1. The average molecular weight is 496 g/mol. The Balaban J connectivity index is 0.000000353. The van der Waals surface area contributed by atoms with Crippen molar-refractivity contribution in [2.75, 3.05) is 18.9 Å². The predicted molar refractivity (Wildman–Crippen MR) is 138 cm³/mol. The van der Waals surface area contributed by atoms with Crippen molar-refractivity contribution in [1.29, 1.82) is 0 Å². The fraction of sp³-hybridized carbons (Fsp3) is 0.760. The van der Waals surface area contributed by atoms with Gasteiger partial charge in [0.25, 0.3) is 5.56 Å². The molecule has 4 N–H and O–H groups in total. The van der Waals surface area contributed by atoms with Crippen LogP contribution in [0.2, 0.25) is 0 Å². The first-order valence-corrected chi connectivity index (χ1v) is 13.0. The first-order valence-electron chi connectivity index (χ1n) is 13.0. The summed E-state index contributed by atoms with van der Waals surface area (Å²) in [5.41, 5.74) is 5.60. The number of H-pyrrole nitrogens is 1. The summed E-state index contributed by atoms with van der Waals surface area (Å²) in [7, 11) is 0. The van der Waals surface area contributed by atoms with E-state index in [2.05, 4.69) is 21.9 Å². The molecule has 2 aromatic rings. The molecular formula is C25H45N5O5. The fourth-order valence-corrected chi connectivity index (χ4v) is 3.55. The topological polar surface area (TPSA) is 145 Å². The van der Waals surface area contributed by atoms with Gasteiger partial charge in [-0.25, -0.2) is 4.98 Å². The van der Waals surface area contributed by atoms with Crippen molar-refractivity contribution in [3.05, 3.63) is 16.7 Å². The summed E-state index contributed by atoms with van der Waals surface area (Å²) in [6.45, 7) is 6.36. The van der Waals surface area contributed by atoms with Crippen LogP contribution in [0.15, 0.2) is 11.1 Å². The highest BCUT2D eigenvalue weighted by molar-refractivity contribution is 5.70. The van der Waals surface area contributed by atoms with Crippen molar-refractivity contribution in [3.63, 3.8) is 0 Å². The van der Waals surface area contributed by atoms with Crippen LogP contribution in [0, 0.1) is 0 Å². The minimum absolute atomic E-state index is 0.0280. The number of fused-ring (bicyclic) bond motifs is 1. The molecule has 0 radical (unpaired) electrons. The Morgan fingerprint density at radius 3 is 2.26 bits per heavy atom. The Labute approximate surface area is 208 Å². The summed E-state index contributed by atoms with van der Waals surface area (Å²) >= 11 is 0. The molecule has 10 nitrogen and oxygen atoms in total. The van der Waals surface area contributed by atoms with Gasteiger partial charge in [-0.1, -0.05) is 71.1 Å². The number of aliphatic hydroxyl groups excluding tert-OH is 1. The summed E-state index contributed by atoms with van der Waals surface area (Å²) in [5, 5.41) is 8.56. The molecule has 0 aromatic carbocycles. The number of anilines is 1. The number of unbranched alkanes of at least 4 members (excludes halogenated alkanes) is 10. The van der Waals surface area contributed by atoms with Crippen LogP contribution >= 0.6 is 0 Å². The number of carbonyl (C=O) groups excluding carboxylic acids is 1. The molecular weight excluding hydrogens is 450 g/mol. The highest BCUT2D eigenvalue weighted by Crippen LogP contribution is 2.12. The van der Waals surface area contributed by atoms with Gasteiger partial charge >= 0.3 is 5.97 Å². The monoisotopic (exact) mass is 495 g/mol. The molecule has 0 aliphatic rings. The Bertz CT molecular complexity index is 881. The lowest BCUT2D eigenvalue weighted by atomic mass is 10.1. The number of esters is 1. The second-order valence-corrected chi connectivity index (χ2v) is 8.92. The third kappa shape index (κ3) is 13.9. The molecule has 0 bridgehead atoms. The lowest BCUT2D eigenvalue weighted by Crippen LogP contribution is -2.13. The zero-order valence-corrected chi connectivity index (χ0v) is 21.8. The van der Waals surface area contributed by atoms with Crippen molar-refractivity contribution < 1.29 is 19.4 Å². The number of aromatic amines is 1. The number of aromatic nitrogens is 4. The number of carbonyl (C=O) groups is 1.